The van der Waals surface area contributed by atoms with E-state index in [0.29, 0.717) is 0 Å². The van der Waals surface area contributed by atoms with Crippen molar-refractivity contribution in [2.24, 2.45) is 5.92 Å². The predicted molar refractivity (Wildman–Crippen MR) is 105 cm³/mol. The number of hydrogen-bond donors (Lipinski definition) is 1. The molecule has 2 aromatic carbocycles. The van der Waals surface area contributed by atoms with Gasteiger partial charge in [-0.15, -0.1) is 0 Å². The van der Waals surface area contributed by atoms with Crippen LogP contribution in [0.1, 0.15) is 36.9 Å². The Kier molecular flexibility index (Phi) is 6.43. The average molecular weight is 419 g/mol. The molecular formula is C21H24BrFN2O. The first-order chi connectivity index (χ1) is 12.5. The first-order valence-corrected chi connectivity index (χ1v) is 9.83. The predicted octanol–water partition coefficient (Wildman–Crippen LogP) is 4.68. The summed E-state index contributed by atoms with van der Waals surface area (Å²) >= 11 is 3.46. The molecule has 5 heteroatoms. The zero-order chi connectivity index (χ0) is 18.5. The highest BCUT2D eigenvalue weighted by Crippen LogP contribution is 2.22. The SMILES string of the molecule is C[C@H](NC(=O)C1CCN(Cc2ccc(Br)cc2)CC1)c1ccc(F)cc1. The van der Waals surface area contributed by atoms with Crippen LogP contribution in [-0.2, 0) is 11.3 Å². The van der Waals surface area contributed by atoms with Gasteiger partial charge in [0, 0.05) is 16.9 Å². The summed E-state index contributed by atoms with van der Waals surface area (Å²) in [4.78, 5) is 14.9. The Balaban J connectivity index is 1.47. The van der Waals surface area contributed by atoms with Gasteiger partial charge in [-0.3, -0.25) is 9.69 Å². The largest absolute Gasteiger partial charge is 0.349 e. The third-order valence-electron chi connectivity index (χ3n) is 5.01. The van der Waals surface area contributed by atoms with Crippen LogP contribution in [0.5, 0.6) is 0 Å². The van der Waals surface area contributed by atoms with E-state index in [9.17, 15) is 9.18 Å². The fraction of sp³-hybridized carbons (Fsp3) is 0.381. The summed E-state index contributed by atoms with van der Waals surface area (Å²) in [7, 11) is 0. The Labute approximate surface area is 162 Å². The second-order valence-corrected chi connectivity index (χ2v) is 7.87. The molecule has 1 atom stereocenters. The summed E-state index contributed by atoms with van der Waals surface area (Å²) in [5.41, 5.74) is 2.22. The van der Waals surface area contributed by atoms with Gasteiger partial charge in [-0.2, -0.15) is 0 Å². The van der Waals surface area contributed by atoms with E-state index in [4.69, 9.17) is 0 Å². The summed E-state index contributed by atoms with van der Waals surface area (Å²) in [6.45, 7) is 4.72. The van der Waals surface area contributed by atoms with Crippen molar-refractivity contribution in [3.63, 3.8) is 0 Å². The van der Waals surface area contributed by atoms with Crippen molar-refractivity contribution in [2.45, 2.75) is 32.4 Å². The lowest BCUT2D eigenvalue weighted by Gasteiger charge is -2.32. The van der Waals surface area contributed by atoms with E-state index in [0.717, 1.165) is 42.5 Å². The molecule has 26 heavy (non-hydrogen) atoms. The Morgan fingerprint density at radius 2 is 1.77 bits per heavy atom. The van der Waals surface area contributed by atoms with Crippen molar-refractivity contribution in [3.05, 3.63) is 69.9 Å². The van der Waals surface area contributed by atoms with Gasteiger partial charge in [0.2, 0.25) is 5.91 Å². The van der Waals surface area contributed by atoms with Crippen molar-refractivity contribution in [3.8, 4) is 0 Å². The third-order valence-corrected chi connectivity index (χ3v) is 5.54. The quantitative estimate of drug-likeness (QED) is 0.764. The highest BCUT2D eigenvalue weighted by atomic mass is 79.9. The van der Waals surface area contributed by atoms with Crippen LogP contribution in [-0.4, -0.2) is 23.9 Å². The molecule has 0 spiro atoms. The molecule has 0 aliphatic carbocycles. The number of piperidine rings is 1. The molecule has 1 saturated heterocycles. The van der Waals surface area contributed by atoms with Crippen LogP contribution in [0.15, 0.2) is 53.0 Å². The number of rotatable bonds is 5. The maximum atomic E-state index is 13.0. The summed E-state index contributed by atoms with van der Waals surface area (Å²) in [6.07, 6.45) is 1.75. The van der Waals surface area contributed by atoms with E-state index >= 15 is 0 Å². The third kappa shape index (κ3) is 5.15. The van der Waals surface area contributed by atoms with Gasteiger partial charge >= 0.3 is 0 Å². The number of amides is 1. The molecule has 1 aliphatic heterocycles. The monoisotopic (exact) mass is 418 g/mol. The molecule has 0 aromatic heterocycles. The number of halogens is 2. The molecule has 1 fully saturated rings. The van der Waals surface area contributed by atoms with Gasteiger partial charge in [0.05, 0.1) is 6.04 Å². The van der Waals surface area contributed by atoms with E-state index < -0.39 is 0 Å². The zero-order valence-corrected chi connectivity index (χ0v) is 16.5. The number of nitrogens with one attached hydrogen (secondary N) is 1. The van der Waals surface area contributed by atoms with Crippen LogP contribution < -0.4 is 5.32 Å². The van der Waals surface area contributed by atoms with Crippen LogP contribution >= 0.6 is 15.9 Å². The summed E-state index contributed by atoms with van der Waals surface area (Å²) in [5, 5.41) is 3.07. The van der Waals surface area contributed by atoms with Gasteiger partial charge in [-0.05, 0) is 68.2 Å². The molecule has 0 radical (unpaired) electrons. The fourth-order valence-corrected chi connectivity index (χ4v) is 3.63. The van der Waals surface area contributed by atoms with Crippen molar-refractivity contribution < 1.29 is 9.18 Å². The molecule has 0 saturated carbocycles. The molecule has 1 N–H and O–H groups in total. The number of nitrogens with zero attached hydrogens (tertiary/aromatic N) is 1. The highest BCUT2D eigenvalue weighted by Gasteiger charge is 2.26. The maximum absolute atomic E-state index is 13.0. The highest BCUT2D eigenvalue weighted by molar-refractivity contribution is 9.10. The molecular weight excluding hydrogens is 395 g/mol. The second-order valence-electron chi connectivity index (χ2n) is 6.96. The number of carbonyl (C=O) groups excluding carboxylic acids is 1. The van der Waals surface area contributed by atoms with Crippen LogP contribution in [0.4, 0.5) is 4.39 Å². The van der Waals surface area contributed by atoms with E-state index in [1.54, 1.807) is 12.1 Å². The van der Waals surface area contributed by atoms with Crippen LogP contribution in [0.2, 0.25) is 0 Å². The van der Waals surface area contributed by atoms with Gasteiger partial charge in [-0.25, -0.2) is 4.39 Å². The van der Waals surface area contributed by atoms with Crippen molar-refractivity contribution in [1.29, 1.82) is 0 Å². The van der Waals surface area contributed by atoms with E-state index in [1.807, 2.05) is 6.92 Å². The van der Waals surface area contributed by atoms with E-state index in [1.165, 1.54) is 17.7 Å². The lowest BCUT2D eigenvalue weighted by molar-refractivity contribution is -0.127. The number of likely N-dealkylation sites (tertiary alicyclic amines) is 1. The summed E-state index contributed by atoms with van der Waals surface area (Å²) in [5.74, 6) is -0.102. The van der Waals surface area contributed by atoms with Gasteiger partial charge in [0.15, 0.2) is 0 Å². The summed E-state index contributed by atoms with van der Waals surface area (Å²) < 4.78 is 14.1. The normalized spacial score (nSPS) is 17.0. The number of carbonyl (C=O) groups is 1. The standard InChI is InChI=1S/C21H24BrFN2O/c1-15(17-4-8-20(23)9-5-17)24-21(26)18-10-12-25(13-11-18)14-16-2-6-19(22)7-3-16/h2-9,15,18H,10-14H2,1H3,(H,24,26)/t15-/m0/s1. The Hall–Kier alpha value is -1.72. The van der Waals surface area contributed by atoms with Crippen molar-refractivity contribution in [1.82, 2.24) is 10.2 Å². The minimum Gasteiger partial charge on any atom is -0.349 e. The molecule has 1 aliphatic rings. The molecule has 1 amide bonds. The van der Waals surface area contributed by atoms with Crippen LogP contribution in [0, 0.1) is 11.7 Å². The molecule has 138 valence electrons. The van der Waals surface area contributed by atoms with Crippen LogP contribution in [0.25, 0.3) is 0 Å². The first-order valence-electron chi connectivity index (χ1n) is 9.04. The molecule has 0 unspecified atom stereocenters. The van der Waals surface area contributed by atoms with Gasteiger partial charge in [-0.1, -0.05) is 40.2 Å². The number of benzene rings is 2. The second kappa shape index (κ2) is 8.78. The lowest BCUT2D eigenvalue weighted by Crippen LogP contribution is -2.40. The van der Waals surface area contributed by atoms with Crippen molar-refractivity contribution >= 4 is 21.8 Å². The van der Waals surface area contributed by atoms with Crippen molar-refractivity contribution in [2.75, 3.05) is 13.1 Å². The average Bonchev–Trinajstić information content (AvgIpc) is 2.64. The van der Waals surface area contributed by atoms with Gasteiger partial charge in [0.25, 0.3) is 0 Å². The Bertz CT molecular complexity index is 725. The van der Waals surface area contributed by atoms with E-state index in [2.05, 4.69) is 50.4 Å². The summed E-state index contributed by atoms with van der Waals surface area (Å²) in [6, 6.07) is 14.6. The molecule has 3 nitrogen and oxygen atoms in total. The first kappa shape index (κ1) is 19.1. The minimum atomic E-state index is -0.259. The lowest BCUT2D eigenvalue weighted by atomic mass is 9.95. The Morgan fingerprint density at radius 3 is 2.38 bits per heavy atom. The van der Waals surface area contributed by atoms with E-state index in [-0.39, 0.29) is 23.7 Å². The molecule has 1 heterocycles. The number of hydrogen-bond acceptors (Lipinski definition) is 2. The molecule has 3 rings (SSSR count). The van der Waals surface area contributed by atoms with Gasteiger partial charge < -0.3 is 5.32 Å². The molecule has 2 aromatic rings. The fourth-order valence-electron chi connectivity index (χ4n) is 3.37. The van der Waals surface area contributed by atoms with Crippen LogP contribution in [0.3, 0.4) is 0 Å². The smallest absolute Gasteiger partial charge is 0.223 e. The minimum absolute atomic E-state index is 0.0547. The van der Waals surface area contributed by atoms with Gasteiger partial charge in [0.1, 0.15) is 5.82 Å². The topological polar surface area (TPSA) is 32.3 Å². The Morgan fingerprint density at radius 1 is 1.15 bits per heavy atom. The zero-order valence-electron chi connectivity index (χ0n) is 14.9. The maximum Gasteiger partial charge on any atom is 0.223 e. The molecule has 0 bridgehead atoms.